The summed E-state index contributed by atoms with van der Waals surface area (Å²) in [5.41, 5.74) is 2.29. The maximum atomic E-state index is 14.0. The first-order chi connectivity index (χ1) is 15.7. The first-order valence-electron chi connectivity index (χ1n) is 12.0. The molecule has 6 heteroatoms. The van der Waals surface area contributed by atoms with Crippen LogP contribution >= 0.6 is 0 Å². The first-order valence-corrected chi connectivity index (χ1v) is 13.6. The zero-order chi connectivity index (χ0) is 23.8. The summed E-state index contributed by atoms with van der Waals surface area (Å²) in [6.07, 6.45) is 8.16. The van der Waals surface area contributed by atoms with Crippen molar-refractivity contribution in [3.05, 3.63) is 53.6 Å². The van der Waals surface area contributed by atoms with Gasteiger partial charge >= 0.3 is 0 Å². The van der Waals surface area contributed by atoms with Gasteiger partial charge in [-0.05, 0) is 70.9 Å². The van der Waals surface area contributed by atoms with Crippen molar-refractivity contribution in [1.29, 1.82) is 0 Å². The molecule has 1 aromatic carbocycles. The van der Waals surface area contributed by atoms with Gasteiger partial charge in [0, 0.05) is 24.9 Å². The molecule has 6 atom stereocenters. The Kier molecular flexibility index (Phi) is 7.00. The van der Waals surface area contributed by atoms with E-state index in [0.29, 0.717) is 0 Å². The lowest BCUT2D eigenvalue weighted by molar-refractivity contribution is -0.193. The van der Waals surface area contributed by atoms with E-state index in [1.54, 1.807) is 37.4 Å². The molecule has 1 aliphatic heterocycles. The number of ether oxygens (including phenoxy) is 2. The highest BCUT2D eigenvalue weighted by atomic mass is 32.2. The molecule has 2 aliphatic carbocycles. The van der Waals surface area contributed by atoms with Gasteiger partial charge in [-0.2, -0.15) is 0 Å². The molecule has 0 bridgehead atoms. The monoisotopic (exact) mass is 472 g/mol. The molecule has 180 valence electrons. The van der Waals surface area contributed by atoms with Crippen LogP contribution in [0.1, 0.15) is 59.3 Å². The molecule has 2 fully saturated rings. The molecular weight excluding hydrogens is 436 g/mol. The van der Waals surface area contributed by atoms with Gasteiger partial charge in [0.2, 0.25) is 0 Å². The maximum absolute atomic E-state index is 14.0. The second-order valence-electron chi connectivity index (χ2n) is 10.2. The molecule has 5 nitrogen and oxygen atoms in total. The minimum Gasteiger partial charge on any atom is -0.356 e. The highest BCUT2D eigenvalue weighted by molar-refractivity contribution is 7.92. The van der Waals surface area contributed by atoms with Gasteiger partial charge in [-0.1, -0.05) is 41.5 Å². The Morgan fingerprint density at radius 3 is 2.64 bits per heavy atom. The van der Waals surface area contributed by atoms with Crippen molar-refractivity contribution in [3.63, 3.8) is 0 Å². The van der Waals surface area contributed by atoms with Crippen LogP contribution in [-0.2, 0) is 24.1 Å². The Labute approximate surface area is 198 Å². The number of fused-ring (bicyclic) bond motifs is 4. The number of carbonyl (C=O) groups is 1. The molecular formula is C27H36O5S. The summed E-state index contributed by atoms with van der Waals surface area (Å²) in [5.74, 6) is -0.482. The van der Waals surface area contributed by atoms with Gasteiger partial charge in [0.15, 0.2) is 21.9 Å². The number of rotatable bonds is 6. The number of allylic oxidation sites excluding steroid dienone is 4. The fourth-order valence-corrected chi connectivity index (χ4v) is 7.90. The van der Waals surface area contributed by atoms with E-state index in [1.165, 1.54) is 5.57 Å². The molecule has 3 aliphatic rings. The van der Waals surface area contributed by atoms with E-state index in [1.807, 2.05) is 13.0 Å². The smallest absolute Gasteiger partial charge is 0.188 e. The molecule has 0 spiro atoms. The summed E-state index contributed by atoms with van der Waals surface area (Å²) in [4.78, 5) is 14.2. The van der Waals surface area contributed by atoms with Crippen LogP contribution in [-0.4, -0.2) is 39.0 Å². The SMILES string of the molecule is COC1C[C@]2(CCC=C(C)C)[C@H](O1)[C@H]1C(=O)C(S(=O)(=O)c3ccccc3)C/C=C(\C)CC[C@@H]12. The van der Waals surface area contributed by atoms with Crippen LogP contribution in [0.3, 0.4) is 0 Å². The van der Waals surface area contributed by atoms with Crippen molar-refractivity contribution in [2.24, 2.45) is 17.3 Å². The average molecular weight is 473 g/mol. The molecule has 0 aromatic heterocycles. The molecule has 0 radical (unpaired) electrons. The second kappa shape index (κ2) is 9.47. The predicted octanol–water partition coefficient (Wildman–Crippen LogP) is 5.27. The molecule has 1 heterocycles. The molecule has 0 N–H and O–H groups in total. The third-order valence-corrected chi connectivity index (χ3v) is 10.1. The molecule has 4 rings (SSSR count). The number of hydrogen-bond acceptors (Lipinski definition) is 5. The summed E-state index contributed by atoms with van der Waals surface area (Å²) in [6.45, 7) is 6.24. The maximum Gasteiger partial charge on any atom is 0.188 e. The van der Waals surface area contributed by atoms with Crippen molar-refractivity contribution >= 4 is 15.6 Å². The third-order valence-electron chi connectivity index (χ3n) is 7.96. The van der Waals surface area contributed by atoms with Crippen molar-refractivity contribution < 1.29 is 22.7 Å². The summed E-state index contributed by atoms with van der Waals surface area (Å²) >= 11 is 0. The third kappa shape index (κ3) is 4.38. The van der Waals surface area contributed by atoms with Crippen molar-refractivity contribution in [3.8, 4) is 0 Å². The van der Waals surface area contributed by atoms with Crippen molar-refractivity contribution in [2.45, 2.75) is 81.8 Å². The largest absolute Gasteiger partial charge is 0.356 e. The van der Waals surface area contributed by atoms with Crippen LogP contribution in [0.25, 0.3) is 0 Å². The Morgan fingerprint density at radius 1 is 1.24 bits per heavy atom. The zero-order valence-electron chi connectivity index (χ0n) is 20.1. The Morgan fingerprint density at radius 2 is 1.97 bits per heavy atom. The lowest BCUT2D eigenvalue weighted by atomic mass is 9.47. The van der Waals surface area contributed by atoms with Crippen LogP contribution in [0.4, 0.5) is 0 Å². The van der Waals surface area contributed by atoms with Crippen LogP contribution < -0.4 is 0 Å². The minimum absolute atomic E-state index is 0.107. The van der Waals surface area contributed by atoms with E-state index < -0.39 is 21.0 Å². The molecule has 0 amide bonds. The second-order valence-corrected chi connectivity index (χ2v) is 12.3. The lowest BCUT2D eigenvalue weighted by Gasteiger charge is -2.57. The van der Waals surface area contributed by atoms with Gasteiger partial charge in [0.05, 0.1) is 11.0 Å². The molecule has 1 saturated carbocycles. The summed E-state index contributed by atoms with van der Waals surface area (Å²) in [5, 5.41) is -1.08. The predicted molar refractivity (Wildman–Crippen MR) is 128 cm³/mol. The molecule has 1 aromatic rings. The van der Waals surface area contributed by atoms with Crippen LogP contribution in [0.15, 0.2) is 58.5 Å². The average Bonchev–Trinajstić information content (AvgIpc) is 3.10. The quantitative estimate of drug-likeness (QED) is 0.528. The van der Waals surface area contributed by atoms with E-state index in [-0.39, 0.29) is 40.8 Å². The summed E-state index contributed by atoms with van der Waals surface area (Å²) in [6, 6.07) is 8.37. The van der Waals surface area contributed by atoms with Crippen LogP contribution in [0.5, 0.6) is 0 Å². The molecule has 2 unspecified atom stereocenters. The highest BCUT2D eigenvalue weighted by Crippen LogP contribution is 2.65. The number of methoxy groups -OCH3 is 1. The van der Waals surface area contributed by atoms with Gasteiger partial charge in [-0.25, -0.2) is 8.42 Å². The van der Waals surface area contributed by atoms with Gasteiger partial charge in [0.1, 0.15) is 5.25 Å². The standard InChI is InChI=1S/C27H36O5S/c1-18(2)9-8-16-27-17-23(31-4)32-26(27)24-21(27)14-12-19(3)13-15-22(25(24)28)33(29,30)20-10-6-5-7-11-20/h5-7,9-11,13,21-24,26H,8,12,14-17H2,1-4H3/b19-13+/t21-,22?,23?,24+,26+,27-/m0/s1. The minimum atomic E-state index is -3.80. The van der Waals surface area contributed by atoms with E-state index in [4.69, 9.17) is 9.47 Å². The molecule has 33 heavy (non-hydrogen) atoms. The number of sulfone groups is 1. The van der Waals surface area contributed by atoms with Crippen LogP contribution in [0.2, 0.25) is 0 Å². The molecule has 1 saturated heterocycles. The van der Waals surface area contributed by atoms with E-state index in [2.05, 4.69) is 19.9 Å². The van der Waals surface area contributed by atoms with E-state index in [9.17, 15) is 13.2 Å². The Bertz CT molecular complexity index is 1040. The van der Waals surface area contributed by atoms with E-state index >= 15 is 0 Å². The van der Waals surface area contributed by atoms with E-state index in [0.717, 1.165) is 37.7 Å². The normalized spacial score (nSPS) is 35.7. The topological polar surface area (TPSA) is 69.7 Å². The number of carbonyl (C=O) groups excluding carboxylic acids is 1. The van der Waals surface area contributed by atoms with Crippen molar-refractivity contribution in [2.75, 3.05) is 7.11 Å². The zero-order valence-corrected chi connectivity index (χ0v) is 20.9. The number of hydrogen-bond donors (Lipinski definition) is 0. The first kappa shape index (κ1) is 24.4. The summed E-state index contributed by atoms with van der Waals surface area (Å²) < 4.78 is 39.0. The number of Topliss-reactive ketones (excluding diaryl/α,β-unsaturated/α-hetero) is 1. The Hall–Kier alpha value is -1.76. The lowest BCUT2D eigenvalue weighted by Crippen LogP contribution is -2.63. The fourth-order valence-electron chi connectivity index (χ4n) is 6.22. The van der Waals surface area contributed by atoms with Gasteiger partial charge in [-0.3, -0.25) is 4.79 Å². The Balaban J connectivity index is 1.71. The van der Waals surface area contributed by atoms with Gasteiger partial charge in [-0.15, -0.1) is 0 Å². The number of benzene rings is 1. The fraction of sp³-hybridized carbons (Fsp3) is 0.593. The summed E-state index contributed by atoms with van der Waals surface area (Å²) in [7, 11) is -2.16. The van der Waals surface area contributed by atoms with Gasteiger partial charge in [0.25, 0.3) is 0 Å². The van der Waals surface area contributed by atoms with Crippen LogP contribution in [0, 0.1) is 17.3 Å². The van der Waals surface area contributed by atoms with Crippen molar-refractivity contribution in [1.82, 2.24) is 0 Å². The van der Waals surface area contributed by atoms with Gasteiger partial charge < -0.3 is 9.47 Å². The highest BCUT2D eigenvalue weighted by Gasteiger charge is 2.69. The number of ketones is 1.